The van der Waals surface area contributed by atoms with Gasteiger partial charge in [0.1, 0.15) is 5.75 Å². The molecule has 152 valence electrons. The number of aromatic nitrogens is 1. The van der Waals surface area contributed by atoms with Gasteiger partial charge in [-0.3, -0.25) is 4.79 Å². The molecule has 0 saturated carbocycles. The van der Waals surface area contributed by atoms with Crippen molar-refractivity contribution in [2.24, 2.45) is 0 Å². The molecular formula is C22H24N2O4S. The van der Waals surface area contributed by atoms with Crippen LogP contribution in [-0.2, 0) is 29.4 Å². The number of carbonyl (C=O) groups excluding carboxylic acids is 1. The molecule has 0 amide bonds. The Hall–Kier alpha value is -2.64. The standard InChI is InChI=1S/C22H24N2O4S/c1-3-15-11-17-19(24-18-5-4-6-20(25)22(17)18)12-21(15)29(26,27)23-13-14-7-9-16(28-2)10-8-14/h7-12,23-24H,3-6,13H2,1-2H3. The quantitative estimate of drug-likeness (QED) is 0.646. The summed E-state index contributed by atoms with van der Waals surface area (Å²) in [7, 11) is -2.12. The fourth-order valence-electron chi connectivity index (χ4n) is 3.91. The van der Waals surface area contributed by atoms with E-state index >= 15 is 0 Å². The SMILES string of the molecule is CCc1cc2c3c([nH]c2cc1S(=O)(=O)NCc1ccc(OC)cc1)CCCC3=O. The number of ether oxygens (including phenoxy) is 1. The van der Waals surface area contributed by atoms with E-state index in [4.69, 9.17) is 4.74 Å². The third-order valence-corrected chi connectivity index (χ3v) is 6.95. The first kappa shape index (κ1) is 19.7. The Morgan fingerprint density at radius 3 is 2.59 bits per heavy atom. The van der Waals surface area contributed by atoms with E-state index in [-0.39, 0.29) is 17.2 Å². The minimum atomic E-state index is -3.71. The van der Waals surface area contributed by atoms with E-state index in [1.807, 2.05) is 25.1 Å². The molecule has 0 unspecified atom stereocenters. The molecule has 0 bridgehead atoms. The molecule has 2 aromatic carbocycles. The Labute approximate surface area is 170 Å². The van der Waals surface area contributed by atoms with Crippen molar-refractivity contribution in [1.82, 2.24) is 9.71 Å². The molecule has 3 aromatic rings. The smallest absolute Gasteiger partial charge is 0.241 e. The molecule has 2 N–H and O–H groups in total. The summed E-state index contributed by atoms with van der Waals surface area (Å²) in [4.78, 5) is 15.9. The van der Waals surface area contributed by atoms with Crippen molar-refractivity contribution in [2.45, 2.75) is 44.0 Å². The van der Waals surface area contributed by atoms with Gasteiger partial charge in [0.25, 0.3) is 0 Å². The number of aromatic amines is 1. The second kappa shape index (κ2) is 7.65. The summed E-state index contributed by atoms with van der Waals surface area (Å²) in [5.41, 5.74) is 3.90. The zero-order valence-electron chi connectivity index (χ0n) is 16.5. The topological polar surface area (TPSA) is 88.3 Å². The number of aryl methyl sites for hydroxylation is 2. The average molecular weight is 413 g/mol. The van der Waals surface area contributed by atoms with E-state index in [2.05, 4.69) is 9.71 Å². The Kier molecular flexibility index (Phi) is 5.19. The van der Waals surface area contributed by atoms with E-state index in [9.17, 15) is 13.2 Å². The fourth-order valence-corrected chi connectivity index (χ4v) is 5.24. The third-order valence-electron chi connectivity index (χ3n) is 5.46. The van der Waals surface area contributed by atoms with Crippen molar-refractivity contribution in [1.29, 1.82) is 0 Å². The van der Waals surface area contributed by atoms with Crippen molar-refractivity contribution >= 4 is 26.7 Å². The maximum absolute atomic E-state index is 13.0. The minimum Gasteiger partial charge on any atom is -0.497 e. The van der Waals surface area contributed by atoms with Crippen LogP contribution < -0.4 is 9.46 Å². The first-order chi connectivity index (χ1) is 13.9. The van der Waals surface area contributed by atoms with Gasteiger partial charge >= 0.3 is 0 Å². The molecular weight excluding hydrogens is 388 g/mol. The predicted octanol–water partition coefficient (Wildman–Crippen LogP) is 3.74. The minimum absolute atomic E-state index is 0.132. The number of H-pyrrole nitrogens is 1. The number of rotatable bonds is 6. The number of nitrogens with one attached hydrogen (secondary N) is 2. The zero-order chi connectivity index (χ0) is 20.6. The van der Waals surface area contributed by atoms with E-state index < -0.39 is 10.0 Å². The molecule has 1 aliphatic rings. The Morgan fingerprint density at radius 1 is 1.14 bits per heavy atom. The van der Waals surface area contributed by atoms with Crippen LogP contribution in [0.5, 0.6) is 5.75 Å². The van der Waals surface area contributed by atoms with E-state index in [0.717, 1.165) is 40.8 Å². The first-order valence-corrected chi connectivity index (χ1v) is 11.2. The van der Waals surface area contributed by atoms with Crippen LogP contribution in [0.1, 0.15) is 46.9 Å². The van der Waals surface area contributed by atoms with Crippen LogP contribution in [0.25, 0.3) is 10.9 Å². The van der Waals surface area contributed by atoms with Crippen LogP contribution in [0, 0.1) is 0 Å². The molecule has 1 heterocycles. The molecule has 0 radical (unpaired) electrons. The van der Waals surface area contributed by atoms with Crippen molar-refractivity contribution in [3.63, 3.8) is 0 Å². The molecule has 29 heavy (non-hydrogen) atoms. The van der Waals surface area contributed by atoms with Gasteiger partial charge in [0.15, 0.2) is 5.78 Å². The molecule has 7 heteroatoms. The van der Waals surface area contributed by atoms with Crippen LogP contribution in [0.15, 0.2) is 41.3 Å². The first-order valence-electron chi connectivity index (χ1n) is 9.76. The lowest BCUT2D eigenvalue weighted by atomic mass is 9.94. The highest BCUT2D eigenvalue weighted by atomic mass is 32.2. The lowest BCUT2D eigenvalue weighted by Gasteiger charge is -2.12. The Bertz CT molecular complexity index is 1180. The number of methoxy groups -OCH3 is 1. The van der Waals surface area contributed by atoms with Crippen LogP contribution >= 0.6 is 0 Å². The zero-order valence-corrected chi connectivity index (χ0v) is 17.4. The van der Waals surface area contributed by atoms with Gasteiger partial charge in [-0.2, -0.15) is 0 Å². The molecule has 0 fully saturated rings. The number of hydrogen-bond donors (Lipinski definition) is 2. The van der Waals surface area contributed by atoms with Crippen LogP contribution in [0.3, 0.4) is 0 Å². The maximum atomic E-state index is 13.0. The highest BCUT2D eigenvalue weighted by Crippen LogP contribution is 2.32. The summed E-state index contributed by atoms with van der Waals surface area (Å²) >= 11 is 0. The summed E-state index contributed by atoms with van der Waals surface area (Å²) in [5, 5.41) is 0.829. The van der Waals surface area contributed by atoms with Gasteiger partial charge < -0.3 is 9.72 Å². The van der Waals surface area contributed by atoms with E-state index in [0.29, 0.717) is 23.9 Å². The fraction of sp³-hybridized carbons (Fsp3) is 0.318. The molecule has 4 rings (SSSR count). The highest BCUT2D eigenvalue weighted by Gasteiger charge is 2.25. The largest absolute Gasteiger partial charge is 0.497 e. The third kappa shape index (κ3) is 3.68. The van der Waals surface area contributed by atoms with Gasteiger partial charge in [0, 0.05) is 35.1 Å². The predicted molar refractivity (Wildman–Crippen MR) is 112 cm³/mol. The van der Waals surface area contributed by atoms with Gasteiger partial charge in [-0.15, -0.1) is 0 Å². The second-order valence-corrected chi connectivity index (χ2v) is 9.02. The van der Waals surface area contributed by atoms with Crippen molar-refractivity contribution in [2.75, 3.05) is 7.11 Å². The summed E-state index contributed by atoms with van der Waals surface area (Å²) < 4.78 is 33.9. The highest BCUT2D eigenvalue weighted by molar-refractivity contribution is 7.89. The van der Waals surface area contributed by atoms with Crippen molar-refractivity contribution in [3.05, 3.63) is 58.8 Å². The number of benzene rings is 2. The Balaban J connectivity index is 1.68. The normalized spacial score (nSPS) is 14.2. The summed E-state index contributed by atoms with van der Waals surface area (Å²) in [6.07, 6.45) is 2.75. The van der Waals surface area contributed by atoms with E-state index in [1.165, 1.54) is 0 Å². The molecule has 0 spiro atoms. The molecule has 1 aliphatic carbocycles. The van der Waals surface area contributed by atoms with Crippen molar-refractivity contribution in [3.8, 4) is 5.75 Å². The average Bonchev–Trinajstić information content (AvgIpc) is 3.10. The van der Waals surface area contributed by atoms with Gasteiger partial charge in [0.05, 0.1) is 12.0 Å². The van der Waals surface area contributed by atoms with Crippen LogP contribution in [-0.4, -0.2) is 26.3 Å². The molecule has 1 aromatic heterocycles. The van der Waals surface area contributed by atoms with E-state index in [1.54, 1.807) is 25.3 Å². The van der Waals surface area contributed by atoms with Gasteiger partial charge in [-0.25, -0.2) is 13.1 Å². The number of carbonyl (C=O) groups is 1. The molecule has 6 nitrogen and oxygen atoms in total. The second-order valence-electron chi connectivity index (χ2n) is 7.29. The lowest BCUT2D eigenvalue weighted by Crippen LogP contribution is -2.24. The molecule has 0 aliphatic heterocycles. The number of hydrogen-bond acceptors (Lipinski definition) is 4. The molecule has 0 saturated heterocycles. The maximum Gasteiger partial charge on any atom is 0.241 e. The summed E-state index contributed by atoms with van der Waals surface area (Å²) in [5.74, 6) is 0.855. The number of ketones is 1. The number of fused-ring (bicyclic) bond motifs is 3. The number of Topliss-reactive ketones (excluding diaryl/α,β-unsaturated/α-hetero) is 1. The monoisotopic (exact) mass is 412 g/mol. The Morgan fingerprint density at radius 2 is 1.90 bits per heavy atom. The van der Waals surface area contributed by atoms with Crippen LogP contribution in [0.4, 0.5) is 0 Å². The number of sulfonamides is 1. The lowest BCUT2D eigenvalue weighted by molar-refractivity contribution is 0.0974. The summed E-state index contributed by atoms with van der Waals surface area (Å²) in [6, 6.07) is 10.8. The van der Waals surface area contributed by atoms with Gasteiger partial charge in [-0.1, -0.05) is 19.1 Å². The van der Waals surface area contributed by atoms with Gasteiger partial charge in [0.2, 0.25) is 10.0 Å². The van der Waals surface area contributed by atoms with Crippen LogP contribution in [0.2, 0.25) is 0 Å². The van der Waals surface area contributed by atoms with Gasteiger partial charge in [-0.05, 0) is 54.7 Å². The van der Waals surface area contributed by atoms with Crippen molar-refractivity contribution < 1.29 is 17.9 Å². The molecule has 0 atom stereocenters. The summed E-state index contributed by atoms with van der Waals surface area (Å²) in [6.45, 7) is 2.11.